The smallest absolute Gasteiger partial charge is 0.186 e. The second-order valence-electron chi connectivity index (χ2n) is 6.39. The van der Waals surface area contributed by atoms with Gasteiger partial charge in [0.15, 0.2) is 5.11 Å². The largest absolute Gasteiger partial charge is 0.379 e. The molecule has 2 N–H and O–H groups in total. The third-order valence-corrected chi connectivity index (χ3v) is 4.50. The van der Waals surface area contributed by atoms with Crippen molar-refractivity contribution in [3.05, 3.63) is 53.9 Å². The summed E-state index contributed by atoms with van der Waals surface area (Å²) in [6.45, 7) is 6.34. The quantitative estimate of drug-likeness (QED) is 0.310. The van der Waals surface area contributed by atoms with Gasteiger partial charge >= 0.3 is 0 Å². The van der Waals surface area contributed by atoms with Gasteiger partial charge in [0.25, 0.3) is 0 Å². The van der Waals surface area contributed by atoms with E-state index in [-0.39, 0.29) is 0 Å². The zero-order valence-corrected chi connectivity index (χ0v) is 16.2. The lowest BCUT2D eigenvalue weighted by molar-refractivity contribution is 0.0376. The molecular weight excluding hydrogens is 360 g/mol. The van der Waals surface area contributed by atoms with Crippen molar-refractivity contribution >= 4 is 23.5 Å². The first-order chi connectivity index (χ1) is 13.3. The fourth-order valence-corrected chi connectivity index (χ4v) is 2.99. The molecule has 8 heteroatoms. The Balaban J connectivity index is 1.32. The van der Waals surface area contributed by atoms with Crippen LogP contribution >= 0.6 is 12.2 Å². The van der Waals surface area contributed by atoms with Gasteiger partial charge in [0, 0.05) is 31.4 Å². The van der Waals surface area contributed by atoms with Gasteiger partial charge in [0.1, 0.15) is 0 Å². The van der Waals surface area contributed by atoms with Crippen LogP contribution in [0.25, 0.3) is 0 Å². The number of nitrogens with one attached hydrogen (secondary N) is 2. The minimum Gasteiger partial charge on any atom is -0.379 e. The van der Waals surface area contributed by atoms with Crippen molar-refractivity contribution in [3.8, 4) is 0 Å². The summed E-state index contributed by atoms with van der Waals surface area (Å²) in [7, 11) is 0. The average molecular weight is 387 g/mol. The van der Waals surface area contributed by atoms with Crippen LogP contribution in [0.5, 0.6) is 0 Å². The number of rotatable bonds is 8. The van der Waals surface area contributed by atoms with Gasteiger partial charge < -0.3 is 10.1 Å². The van der Waals surface area contributed by atoms with Crippen LogP contribution in [-0.2, 0) is 11.3 Å². The predicted molar refractivity (Wildman–Crippen MR) is 111 cm³/mol. The van der Waals surface area contributed by atoms with Crippen LogP contribution < -0.4 is 10.7 Å². The van der Waals surface area contributed by atoms with Crippen LogP contribution in [0.2, 0.25) is 0 Å². The fraction of sp³-hybridized carbons (Fsp3) is 0.421. The lowest BCUT2D eigenvalue weighted by atomic mass is 10.2. The van der Waals surface area contributed by atoms with Crippen molar-refractivity contribution in [1.82, 2.24) is 25.4 Å². The summed E-state index contributed by atoms with van der Waals surface area (Å²) < 4.78 is 7.23. The minimum atomic E-state index is 0.532. The maximum Gasteiger partial charge on any atom is 0.186 e. The van der Waals surface area contributed by atoms with E-state index < -0.39 is 0 Å². The van der Waals surface area contributed by atoms with E-state index in [2.05, 4.69) is 38.0 Å². The molecule has 3 rings (SSSR count). The summed E-state index contributed by atoms with van der Waals surface area (Å²) in [5.41, 5.74) is 4.98. The van der Waals surface area contributed by atoms with E-state index in [1.54, 1.807) is 12.4 Å². The van der Waals surface area contributed by atoms with E-state index >= 15 is 0 Å². The third-order valence-electron chi connectivity index (χ3n) is 4.26. The SMILES string of the molecule is S=C(NCCCN1CCOCC1)N/N=C\c1cnn(Cc2ccccc2)c1. The van der Waals surface area contributed by atoms with Gasteiger partial charge in [-0.2, -0.15) is 10.2 Å². The highest BCUT2D eigenvalue weighted by molar-refractivity contribution is 7.80. The van der Waals surface area contributed by atoms with Crippen LogP contribution in [0.1, 0.15) is 17.5 Å². The van der Waals surface area contributed by atoms with Gasteiger partial charge in [-0.3, -0.25) is 15.0 Å². The van der Waals surface area contributed by atoms with E-state index in [9.17, 15) is 0 Å². The number of morpholine rings is 1. The molecule has 0 saturated carbocycles. The van der Waals surface area contributed by atoms with Gasteiger partial charge in [-0.25, -0.2) is 0 Å². The molecule has 2 heterocycles. The molecule has 1 fully saturated rings. The summed E-state index contributed by atoms with van der Waals surface area (Å²) >= 11 is 5.24. The van der Waals surface area contributed by atoms with Gasteiger partial charge in [-0.05, 0) is 30.7 Å². The molecule has 1 aromatic carbocycles. The molecule has 0 unspecified atom stereocenters. The van der Waals surface area contributed by atoms with Crippen molar-refractivity contribution in [2.45, 2.75) is 13.0 Å². The van der Waals surface area contributed by atoms with Crippen LogP contribution in [0.4, 0.5) is 0 Å². The summed E-state index contributed by atoms with van der Waals surface area (Å²) in [6.07, 6.45) is 6.50. The molecule has 1 aliphatic heterocycles. The molecule has 0 spiro atoms. The minimum absolute atomic E-state index is 0.532. The van der Waals surface area contributed by atoms with E-state index in [4.69, 9.17) is 17.0 Å². The number of thiocarbonyl (C=S) groups is 1. The molecule has 0 radical (unpaired) electrons. The van der Waals surface area contributed by atoms with Crippen molar-refractivity contribution in [3.63, 3.8) is 0 Å². The zero-order chi connectivity index (χ0) is 18.7. The lowest BCUT2D eigenvalue weighted by Crippen LogP contribution is -2.39. The Labute approximate surface area is 165 Å². The number of hydrogen-bond acceptors (Lipinski definition) is 5. The Bertz CT molecular complexity index is 727. The number of benzene rings is 1. The average Bonchev–Trinajstić information content (AvgIpc) is 3.14. The highest BCUT2D eigenvalue weighted by Crippen LogP contribution is 2.02. The molecule has 1 saturated heterocycles. The van der Waals surface area contributed by atoms with Crippen molar-refractivity contribution in [2.75, 3.05) is 39.4 Å². The van der Waals surface area contributed by atoms with Crippen molar-refractivity contribution < 1.29 is 4.74 Å². The summed E-state index contributed by atoms with van der Waals surface area (Å²) in [6, 6.07) is 10.2. The van der Waals surface area contributed by atoms with Gasteiger partial charge in [0.2, 0.25) is 0 Å². The Hall–Kier alpha value is -2.29. The molecule has 0 bridgehead atoms. The third kappa shape index (κ3) is 7.09. The molecular formula is C19H26N6OS. The standard InChI is InChI=1S/C19H26N6OS/c27-19(20-7-4-8-24-9-11-26-12-10-24)23-21-13-18-14-22-25(16-18)15-17-5-2-1-3-6-17/h1-3,5-6,13-14,16H,4,7-12,15H2,(H2,20,23,27)/b21-13-. The number of hydrogen-bond donors (Lipinski definition) is 2. The first-order valence-electron chi connectivity index (χ1n) is 9.23. The molecule has 7 nitrogen and oxygen atoms in total. The molecule has 2 aromatic rings. The highest BCUT2D eigenvalue weighted by Gasteiger charge is 2.09. The van der Waals surface area contributed by atoms with Gasteiger partial charge in [-0.15, -0.1) is 0 Å². The Morgan fingerprint density at radius 3 is 2.89 bits per heavy atom. The van der Waals surface area contributed by atoms with Gasteiger partial charge in [0.05, 0.1) is 32.2 Å². The predicted octanol–water partition coefficient (Wildman–Crippen LogP) is 1.45. The molecule has 0 amide bonds. The topological polar surface area (TPSA) is 66.7 Å². The first-order valence-corrected chi connectivity index (χ1v) is 9.64. The van der Waals surface area contributed by atoms with Crippen molar-refractivity contribution in [2.24, 2.45) is 5.10 Å². The number of hydrazone groups is 1. The molecule has 0 atom stereocenters. The molecule has 0 aliphatic carbocycles. The van der Waals surface area contributed by atoms with E-state index in [1.807, 2.05) is 29.1 Å². The van der Waals surface area contributed by atoms with Crippen LogP contribution in [0, 0.1) is 0 Å². The number of ether oxygens (including phenoxy) is 1. The summed E-state index contributed by atoms with van der Waals surface area (Å²) in [5.74, 6) is 0. The van der Waals surface area contributed by atoms with E-state index in [1.165, 1.54) is 5.56 Å². The summed E-state index contributed by atoms with van der Waals surface area (Å²) in [4.78, 5) is 2.41. The monoisotopic (exact) mass is 386 g/mol. The van der Waals surface area contributed by atoms with Crippen molar-refractivity contribution in [1.29, 1.82) is 0 Å². The number of nitrogens with zero attached hydrogens (tertiary/aromatic N) is 4. The number of aromatic nitrogens is 2. The summed E-state index contributed by atoms with van der Waals surface area (Å²) in [5, 5.41) is 12.2. The molecule has 1 aromatic heterocycles. The fourth-order valence-electron chi connectivity index (χ4n) is 2.84. The van der Waals surface area contributed by atoms with E-state index in [0.717, 1.165) is 57.9 Å². The maximum absolute atomic E-state index is 5.35. The maximum atomic E-state index is 5.35. The lowest BCUT2D eigenvalue weighted by Gasteiger charge is -2.26. The van der Waals surface area contributed by atoms with Crippen LogP contribution in [0.3, 0.4) is 0 Å². The van der Waals surface area contributed by atoms with Gasteiger partial charge in [-0.1, -0.05) is 30.3 Å². The molecule has 27 heavy (non-hydrogen) atoms. The van der Waals surface area contributed by atoms with Crippen LogP contribution in [0.15, 0.2) is 47.8 Å². The Morgan fingerprint density at radius 1 is 1.26 bits per heavy atom. The Kier molecular flexibility index (Phi) is 7.76. The first kappa shape index (κ1) is 19.5. The highest BCUT2D eigenvalue weighted by atomic mass is 32.1. The van der Waals surface area contributed by atoms with Crippen LogP contribution in [-0.4, -0.2) is 65.4 Å². The molecule has 1 aliphatic rings. The second-order valence-corrected chi connectivity index (χ2v) is 6.80. The zero-order valence-electron chi connectivity index (χ0n) is 15.4. The normalized spacial score (nSPS) is 15.1. The molecule has 144 valence electrons. The van der Waals surface area contributed by atoms with E-state index in [0.29, 0.717) is 5.11 Å². The Morgan fingerprint density at radius 2 is 2.07 bits per heavy atom. The second kappa shape index (κ2) is 10.8.